The first-order chi connectivity index (χ1) is 17.4. The molecule has 0 aliphatic heterocycles. The zero-order valence-corrected chi connectivity index (χ0v) is 22.7. The molecule has 0 aliphatic rings. The number of hydrogen-bond acceptors (Lipinski definition) is 4. The third-order valence-electron chi connectivity index (χ3n) is 6.92. The van der Waals surface area contributed by atoms with Crippen LogP contribution < -0.4 is 0 Å². The van der Waals surface area contributed by atoms with Crippen LogP contribution in [0.3, 0.4) is 0 Å². The van der Waals surface area contributed by atoms with E-state index in [0.717, 1.165) is 44.7 Å². The molecule has 0 unspecified atom stereocenters. The highest BCUT2D eigenvalue weighted by molar-refractivity contribution is 5.93. The smallest absolute Gasteiger partial charge is 0.144 e. The van der Waals surface area contributed by atoms with E-state index >= 15 is 0 Å². The molecule has 5 nitrogen and oxygen atoms in total. The van der Waals surface area contributed by atoms with E-state index in [-0.39, 0.29) is 16.6 Å². The largest absolute Gasteiger partial charge is 0.507 e. The van der Waals surface area contributed by atoms with Gasteiger partial charge in [0, 0.05) is 30.6 Å². The van der Waals surface area contributed by atoms with E-state index in [1.165, 1.54) is 5.56 Å². The Balaban J connectivity index is 1.74. The number of aryl methyl sites for hydroxylation is 1. The van der Waals surface area contributed by atoms with E-state index in [1.54, 1.807) is 0 Å². The Morgan fingerprint density at radius 3 is 2.19 bits per heavy atom. The first-order valence-electron chi connectivity index (χ1n) is 12.7. The molecule has 3 aromatic heterocycles. The number of pyridine rings is 2. The van der Waals surface area contributed by atoms with E-state index in [1.807, 2.05) is 66.5 Å². The van der Waals surface area contributed by atoms with Crippen molar-refractivity contribution in [3.05, 3.63) is 84.2 Å². The van der Waals surface area contributed by atoms with Crippen molar-refractivity contribution in [3.63, 3.8) is 0 Å². The minimum Gasteiger partial charge on any atom is -0.507 e. The van der Waals surface area contributed by atoms with Crippen molar-refractivity contribution in [1.82, 2.24) is 19.5 Å². The summed E-state index contributed by atoms with van der Waals surface area (Å²) in [6.45, 7) is 12.9. The number of aromatic hydroxyl groups is 1. The van der Waals surface area contributed by atoms with Crippen LogP contribution in [0.1, 0.15) is 52.7 Å². The Bertz CT molecular complexity index is 1600. The standard InChI is InChI=1S/C32H34N4O/c1-31(2,3)22-18-20(25-13-8-9-15-33-25)17-21(19-22)27-28-26(14-16-34-27)36(7)30(35-28)23-11-10-12-24(29(23)37)32(4,5)6/h8-19,37H,1-7H3. The van der Waals surface area contributed by atoms with Gasteiger partial charge in [-0.25, -0.2) is 4.98 Å². The molecule has 0 radical (unpaired) electrons. The molecule has 2 aromatic carbocycles. The molecule has 1 N–H and O–H groups in total. The van der Waals surface area contributed by atoms with Gasteiger partial charge in [-0.3, -0.25) is 9.97 Å². The van der Waals surface area contributed by atoms with Gasteiger partial charge in [0.15, 0.2) is 0 Å². The number of imidazole rings is 1. The van der Waals surface area contributed by atoms with E-state index in [0.29, 0.717) is 5.82 Å². The average molecular weight is 491 g/mol. The van der Waals surface area contributed by atoms with Crippen molar-refractivity contribution < 1.29 is 5.11 Å². The van der Waals surface area contributed by atoms with Gasteiger partial charge in [0.1, 0.15) is 17.1 Å². The van der Waals surface area contributed by atoms with Gasteiger partial charge in [0.2, 0.25) is 0 Å². The van der Waals surface area contributed by atoms with Crippen molar-refractivity contribution in [1.29, 1.82) is 0 Å². The first kappa shape index (κ1) is 24.7. The Morgan fingerprint density at radius 1 is 0.757 bits per heavy atom. The third-order valence-corrected chi connectivity index (χ3v) is 6.92. The number of para-hydroxylation sites is 1. The molecule has 37 heavy (non-hydrogen) atoms. The maximum atomic E-state index is 11.2. The molecule has 0 aliphatic carbocycles. The van der Waals surface area contributed by atoms with Crippen LogP contribution in [0.2, 0.25) is 0 Å². The minimum atomic E-state index is -0.188. The second-order valence-corrected chi connectivity index (χ2v) is 11.7. The summed E-state index contributed by atoms with van der Waals surface area (Å²) in [7, 11) is 1.99. The fourth-order valence-electron chi connectivity index (χ4n) is 4.78. The predicted octanol–water partition coefficient (Wildman–Crippen LogP) is 7.66. The third kappa shape index (κ3) is 4.50. The van der Waals surface area contributed by atoms with Crippen LogP contribution in [-0.2, 0) is 17.9 Å². The van der Waals surface area contributed by atoms with Crippen LogP contribution >= 0.6 is 0 Å². The number of benzene rings is 2. The zero-order valence-electron chi connectivity index (χ0n) is 22.7. The van der Waals surface area contributed by atoms with Crippen molar-refractivity contribution in [2.45, 2.75) is 52.4 Å². The average Bonchev–Trinajstić information content (AvgIpc) is 3.19. The molecular weight excluding hydrogens is 456 g/mol. The summed E-state index contributed by atoms with van der Waals surface area (Å²) in [6, 6.07) is 20.4. The SMILES string of the molecule is Cn1c(-c2cccc(C(C)(C)C)c2O)nc2c(-c3cc(-c4ccccn4)cc(C(C)(C)C)c3)nccc21. The van der Waals surface area contributed by atoms with Crippen molar-refractivity contribution >= 4 is 11.0 Å². The van der Waals surface area contributed by atoms with Gasteiger partial charge in [-0.05, 0) is 64.4 Å². The molecule has 0 bridgehead atoms. The summed E-state index contributed by atoms with van der Waals surface area (Å²) < 4.78 is 2.04. The topological polar surface area (TPSA) is 63.8 Å². The molecular formula is C32H34N4O. The number of phenols is 1. The van der Waals surface area contributed by atoms with E-state index in [9.17, 15) is 5.11 Å². The lowest BCUT2D eigenvalue weighted by Crippen LogP contribution is -2.11. The lowest BCUT2D eigenvalue weighted by molar-refractivity contribution is 0.448. The molecule has 0 fully saturated rings. The van der Waals surface area contributed by atoms with Crippen molar-refractivity contribution in [3.8, 4) is 39.7 Å². The van der Waals surface area contributed by atoms with Gasteiger partial charge < -0.3 is 9.67 Å². The number of phenolic OH excluding ortho intramolecular Hbond substituents is 1. The Kier molecular flexibility index (Phi) is 5.90. The van der Waals surface area contributed by atoms with Gasteiger partial charge in [-0.15, -0.1) is 0 Å². The maximum Gasteiger partial charge on any atom is 0.144 e. The molecule has 188 valence electrons. The lowest BCUT2D eigenvalue weighted by Gasteiger charge is -2.21. The highest BCUT2D eigenvalue weighted by Gasteiger charge is 2.24. The Labute approximate surface area is 218 Å². The van der Waals surface area contributed by atoms with Crippen LogP contribution in [0.5, 0.6) is 5.75 Å². The van der Waals surface area contributed by atoms with Gasteiger partial charge in [-0.1, -0.05) is 59.7 Å². The molecule has 0 saturated heterocycles. The lowest BCUT2D eigenvalue weighted by atomic mass is 9.84. The molecule has 0 spiro atoms. The summed E-state index contributed by atoms with van der Waals surface area (Å²) in [5.41, 5.74) is 8.12. The van der Waals surface area contributed by atoms with Crippen molar-refractivity contribution in [2.75, 3.05) is 0 Å². The Morgan fingerprint density at radius 2 is 1.51 bits per heavy atom. The Hall–Kier alpha value is -3.99. The maximum absolute atomic E-state index is 11.2. The number of fused-ring (bicyclic) bond motifs is 1. The monoisotopic (exact) mass is 490 g/mol. The fourth-order valence-corrected chi connectivity index (χ4v) is 4.78. The second-order valence-electron chi connectivity index (χ2n) is 11.7. The van der Waals surface area contributed by atoms with Crippen molar-refractivity contribution in [2.24, 2.45) is 7.05 Å². The van der Waals surface area contributed by atoms with Gasteiger partial charge in [0.25, 0.3) is 0 Å². The fraction of sp³-hybridized carbons (Fsp3) is 0.281. The normalized spacial score (nSPS) is 12.3. The van der Waals surface area contributed by atoms with Gasteiger partial charge in [0.05, 0.1) is 22.5 Å². The van der Waals surface area contributed by atoms with Crippen LogP contribution in [0.4, 0.5) is 0 Å². The van der Waals surface area contributed by atoms with Crippen LogP contribution in [0.15, 0.2) is 73.1 Å². The molecule has 5 rings (SSSR count). The molecule has 0 atom stereocenters. The van der Waals surface area contributed by atoms with E-state index < -0.39 is 0 Å². The zero-order chi connectivity index (χ0) is 26.5. The van der Waals surface area contributed by atoms with E-state index in [2.05, 4.69) is 64.7 Å². The second kappa shape index (κ2) is 8.84. The summed E-state index contributed by atoms with van der Waals surface area (Å²) >= 11 is 0. The first-order valence-corrected chi connectivity index (χ1v) is 12.7. The molecule has 5 aromatic rings. The minimum absolute atomic E-state index is 0.0537. The van der Waals surface area contributed by atoms with Crippen LogP contribution in [0.25, 0.3) is 44.9 Å². The highest BCUT2D eigenvalue weighted by Crippen LogP contribution is 2.40. The highest BCUT2D eigenvalue weighted by atomic mass is 16.3. The number of nitrogens with zero attached hydrogens (tertiary/aromatic N) is 4. The quantitative estimate of drug-likeness (QED) is 0.282. The van der Waals surface area contributed by atoms with Crippen LogP contribution in [-0.4, -0.2) is 24.6 Å². The number of rotatable bonds is 3. The van der Waals surface area contributed by atoms with E-state index in [4.69, 9.17) is 9.97 Å². The van der Waals surface area contributed by atoms with Gasteiger partial charge >= 0.3 is 0 Å². The van der Waals surface area contributed by atoms with Gasteiger partial charge in [-0.2, -0.15) is 0 Å². The van der Waals surface area contributed by atoms with Crippen LogP contribution in [0, 0.1) is 0 Å². The summed E-state index contributed by atoms with van der Waals surface area (Å²) in [5.74, 6) is 0.986. The molecule has 3 heterocycles. The predicted molar refractivity (Wildman–Crippen MR) is 152 cm³/mol. The summed E-state index contributed by atoms with van der Waals surface area (Å²) in [6.07, 6.45) is 3.65. The number of hydrogen-bond donors (Lipinski definition) is 1. The molecule has 0 saturated carbocycles. The molecule has 5 heteroatoms. The number of aromatic nitrogens is 4. The molecule has 0 amide bonds. The summed E-state index contributed by atoms with van der Waals surface area (Å²) in [4.78, 5) is 14.5. The summed E-state index contributed by atoms with van der Waals surface area (Å²) in [5, 5.41) is 11.2.